The van der Waals surface area contributed by atoms with E-state index in [-0.39, 0.29) is 12.4 Å². The molecule has 0 saturated heterocycles. The Bertz CT molecular complexity index is 1540. The third-order valence-electron chi connectivity index (χ3n) is 7.01. The van der Waals surface area contributed by atoms with Crippen LogP contribution in [0.5, 0.6) is 5.75 Å². The number of esters is 1. The summed E-state index contributed by atoms with van der Waals surface area (Å²) in [6.45, 7) is 12.2. The van der Waals surface area contributed by atoms with Crippen LogP contribution in [0.2, 0.25) is 0 Å². The van der Waals surface area contributed by atoms with Crippen LogP contribution in [0.3, 0.4) is 0 Å². The quantitative estimate of drug-likeness (QED) is 0.250. The monoisotopic (exact) mass is 515 g/mol. The maximum absolute atomic E-state index is 15.3. The Labute approximate surface area is 222 Å². The smallest absolute Gasteiger partial charge is 0.339 e. The highest BCUT2D eigenvalue weighted by Crippen LogP contribution is 2.45. The van der Waals surface area contributed by atoms with E-state index in [1.54, 1.807) is 19.2 Å². The Morgan fingerprint density at radius 1 is 1.16 bits per heavy atom. The minimum Gasteiger partial charge on any atom is -0.493 e. The van der Waals surface area contributed by atoms with E-state index in [0.29, 0.717) is 29.5 Å². The maximum Gasteiger partial charge on any atom is 0.339 e. The van der Waals surface area contributed by atoms with E-state index in [9.17, 15) is 4.79 Å². The fraction of sp³-hybridized carbons (Fsp3) is 0.375. The van der Waals surface area contributed by atoms with E-state index < -0.39 is 17.7 Å². The number of nitrogens with zero attached hydrogens (tertiary/aromatic N) is 1. The van der Waals surface area contributed by atoms with Crippen LogP contribution in [0.4, 0.5) is 4.39 Å². The molecule has 0 bridgehead atoms. The Hall–Kier alpha value is -3.51. The molecular weight excluding hydrogens is 481 g/mol. The zero-order valence-corrected chi connectivity index (χ0v) is 22.9. The number of pyridine rings is 1. The van der Waals surface area contributed by atoms with Gasteiger partial charge in [0.25, 0.3) is 0 Å². The average molecular weight is 516 g/mol. The number of halogens is 1. The van der Waals surface area contributed by atoms with Crippen LogP contribution in [0, 0.1) is 12.7 Å². The number of carbonyl (C=O) groups is 1. The number of aryl methyl sites for hydroxylation is 2. The van der Waals surface area contributed by atoms with Gasteiger partial charge in [-0.3, -0.25) is 4.98 Å². The Balaban J connectivity index is 1.92. The van der Waals surface area contributed by atoms with Crippen molar-refractivity contribution in [3.05, 3.63) is 70.7 Å². The fourth-order valence-corrected chi connectivity index (χ4v) is 5.43. The number of ether oxygens (including phenoxy) is 3. The second-order valence-electron chi connectivity index (χ2n) is 10.8. The first-order chi connectivity index (χ1) is 18.1. The number of rotatable bonds is 6. The molecule has 0 spiro atoms. The predicted octanol–water partition coefficient (Wildman–Crippen LogP) is 7.42. The second-order valence-corrected chi connectivity index (χ2v) is 10.8. The van der Waals surface area contributed by atoms with Crippen LogP contribution in [0.25, 0.3) is 32.8 Å². The molecule has 4 aromatic rings. The lowest BCUT2D eigenvalue weighted by Crippen LogP contribution is -2.29. The van der Waals surface area contributed by atoms with Crippen LogP contribution in [0.1, 0.15) is 63.0 Å². The Kier molecular flexibility index (Phi) is 6.86. The summed E-state index contributed by atoms with van der Waals surface area (Å²) in [4.78, 5) is 18.2. The van der Waals surface area contributed by atoms with Gasteiger partial charge in [0, 0.05) is 29.1 Å². The molecule has 3 aromatic carbocycles. The Morgan fingerprint density at radius 2 is 1.95 bits per heavy atom. The summed E-state index contributed by atoms with van der Waals surface area (Å²) in [5.74, 6) is 0.0271. The molecule has 1 aromatic heterocycles. The van der Waals surface area contributed by atoms with Crippen LogP contribution in [0.15, 0.2) is 42.6 Å². The minimum atomic E-state index is -1.01. The topological polar surface area (TPSA) is 57.7 Å². The third kappa shape index (κ3) is 4.62. The van der Waals surface area contributed by atoms with Crippen LogP contribution in [-0.2, 0) is 27.1 Å². The van der Waals surface area contributed by atoms with Crippen molar-refractivity contribution in [1.82, 2.24) is 4.98 Å². The number of hydrogen-bond acceptors (Lipinski definition) is 5. The van der Waals surface area contributed by atoms with E-state index >= 15 is 4.39 Å². The summed E-state index contributed by atoms with van der Waals surface area (Å²) < 4.78 is 33.2. The van der Waals surface area contributed by atoms with Crippen molar-refractivity contribution in [2.45, 2.75) is 66.1 Å². The van der Waals surface area contributed by atoms with E-state index in [4.69, 9.17) is 19.2 Å². The molecule has 0 unspecified atom stereocenters. The summed E-state index contributed by atoms with van der Waals surface area (Å²) in [6.07, 6.45) is 2.16. The van der Waals surface area contributed by atoms with Gasteiger partial charge in [-0.05, 0) is 104 Å². The molecule has 0 amide bonds. The third-order valence-corrected chi connectivity index (χ3v) is 7.01. The maximum atomic E-state index is 15.3. The van der Waals surface area contributed by atoms with E-state index in [2.05, 4.69) is 0 Å². The molecule has 38 heavy (non-hydrogen) atoms. The molecule has 6 heteroatoms. The summed E-state index contributed by atoms with van der Waals surface area (Å²) in [6, 6.07) is 11.4. The zero-order chi connectivity index (χ0) is 27.2. The van der Waals surface area contributed by atoms with Crippen molar-refractivity contribution >= 4 is 27.6 Å². The molecule has 0 saturated carbocycles. The van der Waals surface area contributed by atoms with Crippen molar-refractivity contribution in [3.8, 4) is 16.9 Å². The number of aromatic nitrogens is 1. The fourth-order valence-electron chi connectivity index (χ4n) is 5.43. The number of benzene rings is 3. The van der Waals surface area contributed by atoms with E-state index in [0.717, 1.165) is 50.7 Å². The van der Waals surface area contributed by atoms with Gasteiger partial charge in [-0.1, -0.05) is 13.0 Å². The second kappa shape index (κ2) is 9.99. The molecule has 2 heterocycles. The number of carbonyl (C=O) groups excluding carboxylic acids is 1. The molecule has 1 aliphatic heterocycles. The summed E-state index contributed by atoms with van der Waals surface area (Å²) in [5, 5.41) is 2.55. The lowest BCUT2D eigenvalue weighted by atomic mass is 9.85. The van der Waals surface area contributed by atoms with Crippen LogP contribution in [-0.4, -0.2) is 29.8 Å². The van der Waals surface area contributed by atoms with Crippen LogP contribution >= 0.6 is 0 Å². The Morgan fingerprint density at radius 3 is 2.66 bits per heavy atom. The first-order valence-electron chi connectivity index (χ1n) is 13.3. The molecule has 1 aliphatic rings. The predicted molar refractivity (Wildman–Crippen MR) is 148 cm³/mol. The lowest BCUT2D eigenvalue weighted by molar-refractivity contribution is -0.166. The molecule has 198 valence electrons. The highest BCUT2D eigenvalue weighted by molar-refractivity contribution is 6.09. The van der Waals surface area contributed by atoms with Gasteiger partial charge in [-0.2, -0.15) is 0 Å². The standard InChI is InChI=1S/C32H34FNO4/c1-7-19-16-21-15-18(3)26(30(31(35)36-8-2)38-32(4,5)6)28(23(21)17-24(19)33)22-9-10-25-27-20(12-14-37-25)11-13-34-29(22)27/h9-11,13,15-17,30H,7-8,12,14H2,1-6H3/t30-/m1/s1. The normalized spacial score (nSPS) is 14.0. The molecule has 1 atom stereocenters. The average Bonchev–Trinajstić information content (AvgIpc) is 2.87. The molecule has 0 N–H and O–H groups in total. The minimum absolute atomic E-state index is 0.221. The van der Waals surface area contributed by atoms with Gasteiger partial charge in [0.2, 0.25) is 0 Å². The largest absolute Gasteiger partial charge is 0.493 e. The number of fused-ring (bicyclic) bond motifs is 1. The van der Waals surface area contributed by atoms with Gasteiger partial charge >= 0.3 is 5.97 Å². The highest BCUT2D eigenvalue weighted by Gasteiger charge is 2.34. The molecule has 0 fully saturated rings. The lowest BCUT2D eigenvalue weighted by Gasteiger charge is -2.30. The number of hydrogen-bond donors (Lipinski definition) is 0. The van der Waals surface area contributed by atoms with Gasteiger partial charge in [0.05, 0.1) is 24.3 Å². The molecule has 5 rings (SSSR count). The van der Waals surface area contributed by atoms with Crippen LogP contribution < -0.4 is 4.74 Å². The zero-order valence-electron chi connectivity index (χ0n) is 22.9. The molecule has 0 radical (unpaired) electrons. The van der Waals surface area contributed by atoms with Crippen molar-refractivity contribution in [3.63, 3.8) is 0 Å². The van der Waals surface area contributed by atoms with E-state index in [1.807, 2.05) is 65.0 Å². The van der Waals surface area contributed by atoms with Gasteiger partial charge in [-0.25, -0.2) is 9.18 Å². The van der Waals surface area contributed by atoms with Crippen molar-refractivity contribution in [1.29, 1.82) is 0 Å². The molecule has 5 nitrogen and oxygen atoms in total. The molecule has 0 aliphatic carbocycles. The van der Waals surface area contributed by atoms with Gasteiger partial charge in [0.1, 0.15) is 11.6 Å². The highest BCUT2D eigenvalue weighted by atomic mass is 19.1. The van der Waals surface area contributed by atoms with Crippen molar-refractivity contribution < 1.29 is 23.4 Å². The summed E-state index contributed by atoms with van der Waals surface area (Å²) >= 11 is 0. The van der Waals surface area contributed by atoms with Gasteiger partial charge in [0.15, 0.2) is 6.10 Å². The first kappa shape index (κ1) is 26.1. The van der Waals surface area contributed by atoms with Gasteiger partial charge in [-0.15, -0.1) is 0 Å². The summed E-state index contributed by atoms with van der Waals surface area (Å²) in [7, 11) is 0. The summed E-state index contributed by atoms with van der Waals surface area (Å²) in [5.41, 5.74) is 4.97. The first-order valence-corrected chi connectivity index (χ1v) is 13.3. The molecular formula is C32H34FNO4. The van der Waals surface area contributed by atoms with Crippen molar-refractivity contribution in [2.75, 3.05) is 13.2 Å². The van der Waals surface area contributed by atoms with Crippen molar-refractivity contribution in [2.24, 2.45) is 0 Å². The van der Waals surface area contributed by atoms with Gasteiger partial charge < -0.3 is 14.2 Å². The van der Waals surface area contributed by atoms with E-state index in [1.165, 1.54) is 0 Å². The SMILES string of the molecule is CCOC(=O)[C@H](OC(C)(C)C)c1c(C)cc2cc(CC)c(F)cc2c1-c1ccc2c3c(ccnc13)CCO2.